The molecule has 0 bridgehead atoms. The summed E-state index contributed by atoms with van der Waals surface area (Å²) in [6, 6.07) is 12.7. The van der Waals surface area contributed by atoms with Crippen molar-refractivity contribution < 1.29 is 19.1 Å². The lowest BCUT2D eigenvalue weighted by Crippen LogP contribution is -2.30. The Morgan fingerprint density at radius 2 is 1.80 bits per heavy atom. The molecule has 0 aliphatic heterocycles. The lowest BCUT2D eigenvalue weighted by molar-refractivity contribution is -0.122. The zero-order chi connectivity index (χ0) is 18.4. The monoisotopic (exact) mass is 341 g/mol. The van der Waals surface area contributed by atoms with Crippen molar-refractivity contribution in [2.45, 2.75) is 33.8 Å². The molecule has 5 nitrogen and oxygen atoms in total. The minimum Gasteiger partial charge on any atom is -0.481 e. The van der Waals surface area contributed by atoms with E-state index in [1.807, 2.05) is 31.2 Å². The van der Waals surface area contributed by atoms with Crippen molar-refractivity contribution in [3.8, 4) is 5.75 Å². The van der Waals surface area contributed by atoms with Crippen LogP contribution in [0.5, 0.6) is 5.75 Å². The molecular formula is C20H23NO4. The molecule has 1 atom stereocenters. The SMILES string of the molecule is CCOC(=O)c1cccc(NC(=O)[C@@H](C)Oc2ccccc2C)c1C. The summed E-state index contributed by atoms with van der Waals surface area (Å²) in [5.41, 5.74) is 2.63. The summed E-state index contributed by atoms with van der Waals surface area (Å²) in [5.74, 6) is -0.0187. The van der Waals surface area contributed by atoms with Crippen LogP contribution in [-0.4, -0.2) is 24.6 Å². The maximum atomic E-state index is 12.4. The van der Waals surface area contributed by atoms with Crippen LogP contribution in [0.2, 0.25) is 0 Å². The molecule has 0 heterocycles. The summed E-state index contributed by atoms with van der Waals surface area (Å²) in [6.07, 6.45) is -0.674. The molecule has 2 rings (SSSR count). The molecular weight excluding hydrogens is 318 g/mol. The number of para-hydroxylation sites is 1. The van der Waals surface area contributed by atoms with E-state index in [9.17, 15) is 9.59 Å². The first kappa shape index (κ1) is 18.5. The second kappa shape index (κ2) is 8.33. The van der Waals surface area contributed by atoms with Gasteiger partial charge in [-0.15, -0.1) is 0 Å². The van der Waals surface area contributed by atoms with E-state index in [0.29, 0.717) is 29.2 Å². The molecule has 2 aromatic carbocycles. The van der Waals surface area contributed by atoms with E-state index in [-0.39, 0.29) is 5.91 Å². The molecule has 0 saturated carbocycles. The first-order valence-corrected chi connectivity index (χ1v) is 8.24. The third-order valence-corrected chi connectivity index (χ3v) is 3.85. The second-order valence-corrected chi connectivity index (χ2v) is 5.71. The molecule has 1 N–H and O–H groups in total. The predicted molar refractivity (Wildman–Crippen MR) is 97.0 cm³/mol. The van der Waals surface area contributed by atoms with Gasteiger partial charge in [0.05, 0.1) is 12.2 Å². The van der Waals surface area contributed by atoms with Gasteiger partial charge in [0.1, 0.15) is 5.75 Å². The van der Waals surface area contributed by atoms with E-state index < -0.39 is 12.1 Å². The Labute approximate surface area is 148 Å². The Bertz CT molecular complexity index is 770. The minimum absolute atomic E-state index is 0.285. The van der Waals surface area contributed by atoms with Crippen molar-refractivity contribution in [3.63, 3.8) is 0 Å². The number of nitrogens with one attached hydrogen (secondary N) is 1. The average molecular weight is 341 g/mol. The maximum absolute atomic E-state index is 12.4. The minimum atomic E-state index is -0.674. The molecule has 5 heteroatoms. The van der Waals surface area contributed by atoms with Gasteiger partial charge in [-0.25, -0.2) is 4.79 Å². The van der Waals surface area contributed by atoms with Gasteiger partial charge < -0.3 is 14.8 Å². The molecule has 0 aliphatic rings. The summed E-state index contributed by atoms with van der Waals surface area (Å²) >= 11 is 0. The van der Waals surface area contributed by atoms with Gasteiger partial charge in [-0.2, -0.15) is 0 Å². The predicted octanol–water partition coefficient (Wildman–Crippen LogP) is 3.89. The van der Waals surface area contributed by atoms with Crippen molar-refractivity contribution in [1.82, 2.24) is 0 Å². The van der Waals surface area contributed by atoms with E-state index >= 15 is 0 Å². The normalized spacial score (nSPS) is 11.5. The van der Waals surface area contributed by atoms with Crippen molar-refractivity contribution in [2.24, 2.45) is 0 Å². The highest BCUT2D eigenvalue weighted by atomic mass is 16.5. The Balaban J connectivity index is 2.11. The Morgan fingerprint density at radius 3 is 2.48 bits per heavy atom. The first-order valence-electron chi connectivity index (χ1n) is 8.24. The summed E-state index contributed by atoms with van der Waals surface area (Å²) in [7, 11) is 0. The van der Waals surface area contributed by atoms with Crippen LogP contribution in [0.4, 0.5) is 5.69 Å². The van der Waals surface area contributed by atoms with Crippen molar-refractivity contribution in [2.75, 3.05) is 11.9 Å². The highest BCUT2D eigenvalue weighted by molar-refractivity contribution is 5.98. The number of hydrogen-bond donors (Lipinski definition) is 1. The van der Waals surface area contributed by atoms with Crippen LogP contribution in [-0.2, 0) is 9.53 Å². The average Bonchev–Trinajstić information content (AvgIpc) is 2.58. The van der Waals surface area contributed by atoms with Gasteiger partial charge in [-0.1, -0.05) is 24.3 Å². The van der Waals surface area contributed by atoms with Gasteiger partial charge in [0, 0.05) is 5.69 Å². The van der Waals surface area contributed by atoms with Crippen molar-refractivity contribution in [3.05, 3.63) is 59.2 Å². The zero-order valence-corrected chi connectivity index (χ0v) is 15.0. The number of anilines is 1. The molecule has 25 heavy (non-hydrogen) atoms. The molecule has 0 fully saturated rings. The van der Waals surface area contributed by atoms with Gasteiger partial charge in [0.25, 0.3) is 5.91 Å². The lowest BCUT2D eigenvalue weighted by atomic mass is 10.1. The number of aryl methyl sites for hydroxylation is 1. The Hall–Kier alpha value is -2.82. The highest BCUT2D eigenvalue weighted by Crippen LogP contribution is 2.21. The standard InChI is InChI=1S/C20H23NO4/c1-5-24-20(23)16-10-8-11-17(14(16)3)21-19(22)15(4)25-18-12-7-6-9-13(18)2/h6-12,15H,5H2,1-4H3,(H,21,22)/t15-/m1/s1. The number of carbonyl (C=O) groups excluding carboxylic acids is 2. The van der Waals surface area contributed by atoms with Crippen molar-refractivity contribution in [1.29, 1.82) is 0 Å². The van der Waals surface area contributed by atoms with Gasteiger partial charge in [0.15, 0.2) is 6.10 Å². The summed E-state index contributed by atoms with van der Waals surface area (Å²) in [6.45, 7) is 7.44. The van der Waals surface area contributed by atoms with E-state index in [2.05, 4.69) is 5.32 Å². The van der Waals surface area contributed by atoms with Crippen LogP contribution >= 0.6 is 0 Å². The number of ether oxygens (including phenoxy) is 2. The molecule has 132 valence electrons. The zero-order valence-electron chi connectivity index (χ0n) is 15.0. The lowest BCUT2D eigenvalue weighted by Gasteiger charge is -2.17. The number of esters is 1. The summed E-state index contributed by atoms with van der Waals surface area (Å²) in [4.78, 5) is 24.4. The summed E-state index contributed by atoms with van der Waals surface area (Å²) in [5, 5.41) is 2.82. The van der Waals surface area contributed by atoms with E-state index in [1.165, 1.54) is 0 Å². The maximum Gasteiger partial charge on any atom is 0.338 e. The number of carbonyl (C=O) groups is 2. The van der Waals surface area contributed by atoms with Gasteiger partial charge >= 0.3 is 5.97 Å². The smallest absolute Gasteiger partial charge is 0.338 e. The third kappa shape index (κ3) is 4.59. The van der Waals surface area contributed by atoms with Crippen LogP contribution < -0.4 is 10.1 Å². The van der Waals surface area contributed by atoms with Gasteiger partial charge in [-0.3, -0.25) is 4.79 Å². The molecule has 0 aromatic heterocycles. The molecule has 0 unspecified atom stereocenters. The van der Waals surface area contributed by atoms with Crippen LogP contribution in [0.15, 0.2) is 42.5 Å². The summed E-state index contributed by atoms with van der Waals surface area (Å²) < 4.78 is 10.8. The van der Waals surface area contributed by atoms with Gasteiger partial charge in [0.2, 0.25) is 0 Å². The van der Waals surface area contributed by atoms with Crippen molar-refractivity contribution >= 4 is 17.6 Å². The molecule has 1 amide bonds. The first-order chi connectivity index (χ1) is 11.9. The number of benzene rings is 2. The molecule has 0 spiro atoms. The number of amides is 1. The molecule has 0 radical (unpaired) electrons. The Kier molecular flexibility index (Phi) is 6.17. The van der Waals surface area contributed by atoms with E-state index in [1.54, 1.807) is 39.0 Å². The molecule has 0 saturated heterocycles. The molecule has 2 aromatic rings. The van der Waals surface area contributed by atoms with E-state index in [4.69, 9.17) is 9.47 Å². The fraction of sp³-hybridized carbons (Fsp3) is 0.300. The second-order valence-electron chi connectivity index (χ2n) is 5.71. The largest absolute Gasteiger partial charge is 0.481 e. The fourth-order valence-corrected chi connectivity index (χ4v) is 2.37. The Morgan fingerprint density at radius 1 is 1.08 bits per heavy atom. The third-order valence-electron chi connectivity index (χ3n) is 3.85. The number of rotatable bonds is 6. The van der Waals surface area contributed by atoms with Crippen LogP contribution in [0.3, 0.4) is 0 Å². The van der Waals surface area contributed by atoms with Crippen LogP contribution in [0.1, 0.15) is 35.3 Å². The quantitative estimate of drug-likeness (QED) is 0.810. The van der Waals surface area contributed by atoms with Crippen LogP contribution in [0.25, 0.3) is 0 Å². The fourth-order valence-electron chi connectivity index (χ4n) is 2.37. The van der Waals surface area contributed by atoms with E-state index in [0.717, 1.165) is 5.56 Å². The van der Waals surface area contributed by atoms with Crippen LogP contribution in [0, 0.1) is 13.8 Å². The highest BCUT2D eigenvalue weighted by Gasteiger charge is 2.18. The molecule has 0 aliphatic carbocycles. The van der Waals surface area contributed by atoms with Gasteiger partial charge in [-0.05, 0) is 57.0 Å². The number of hydrogen-bond acceptors (Lipinski definition) is 4. The topological polar surface area (TPSA) is 64.6 Å².